The van der Waals surface area contributed by atoms with Crippen LogP contribution in [-0.4, -0.2) is 26.8 Å². The highest BCUT2D eigenvalue weighted by molar-refractivity contribution is 5.97. The van der Waals surface area contributed by atoms with Crippen molar-refractivity contribution in [3.63, 3.8) is 0 Å². The van der Waals surface area contributed by atoms with Crippen molar-refractivity contribution in [2.45, 2.75) is 38.8 Å². The van der Waals surface area contributed by atoms with Gasteiger partial charge in [0.1, 0.15) is 5.69 Å². The molecule has 5 heteroatoms. The number of amides is 1. The van der Waals surface area contributed by atoms with Gasteiger partial charge in [-0.2, -0.15) is 0 Å². The molecule has 1 aliphatic rings. The van der Waals surface area contributed by atoms with Crippen molar-refractivity contribution in [3.05, 3.63) is 88.7 Å². The summed E-state index contributed by atoms with van der Waals surface area (Å²) in [6, 6.07) is 20.9. The highest BCUT2D eigenvalue weighted by Crippen LogP contribution is 2.32. The standard InChI is InChI=1S/C23H24N4O/c1-15(2)27-14-19-20(25-23(24)26-21(19)22(27)28)13-18(16-9-5-3-6-10-16)17-11-7-4-8-12-17/h3-12,15,18H,13-14H2,1-2H3,(H2,24,25,26). The van der Waals surface area contributed by atoms with Crippen LogP contribution < -0.4 is 5.73 Å². The second kappa shape index (κ2) is 7.43. The van der Waals surface area contributed by atoms with E-state index in [0.717, 1.165) is 11.3 Å². The zero-order valence-corrected chi connectivity index (χ0v) is 16.2. The fourth-order valence-electron chi connectivity index (χ4n) is 3.85. The lowest BCUT2D eigenvalue weighted by atomic mass is 9.86. The molecule has 1 aromatic heterocycles. The summed E-state index contributed by atoms with van der Waals surface area (Å²) in [6.45, 7) is 4.56. The third kappa shape index (κ3) is 3.36. The molecule has 0 spiro atoms. The van der Waals surface area contributed by atoms with E-state index in [-0.39, 0.29) is 23.8 Å². The van der Waals surface area contributed by atoms with Gasteiger partial charge in [0.25, 0.3) is 5.91 Å². The number of nitrogens with two attached hydrogens (primary N) is 1. The van der Waals surface area contributed by atoms with E-state index in [9.17, 15) is 4.79 Å². The first kappa shape index (κ1) is 18.2. The van der Waals surface area contributed by atoms with E-state index >= 15 is 0 Å². The van der Waals surface area contributed by atoms with E-state index < -0.39 is 0 Å². The lowest BCUT2D eigenvalue weighted by Crippen LogP contribution is -2.31. The van der Waals surface area contributed by atoms with Crippen LogP contribution in [0.1, 0.15) is 52.6 Å². The third-order valence-corrected chi connectivity index (χ3v) is 5.33. The molecule has 0 unspecified atom stereocenters. The molecule has 0 atom stereocenters. The second-order valence-corrected chi connectivity index (χ2v) is 7.46. The quantitative estimate of drug-likeness (QED) is 0.739. The number of anilines is 1. The lowest BCUT2D eigenvalue weighted by molar-refractivity contribution is 0.0726. The number of fused-ring (bicyclic) bond motifs is 1. The Balaban J connectivity index is 1.77. The minimum Gasteiger partial charge on any atom is -0.368 e. The predicted octanol–water partition coefficient (Wildman–Crippen LogP) is 3.80. The molecule has 5 nitrogen and oxygen atoms in total. The van der Waals surface area contributed by atoms with Crippen molar-refractivity contribution in [2.75, 3.05) is 5.73 Å². The number of benzene rings is 2. The summed E-state index contributed by atoms with van der Waals surface area (Å²) < 4.78 is 0. The highest BCUT2D eigenvalue weighted by atomic mass is 16.2. The molecule has 2 N–H and O–H groups in total. The first-order chi connectivity index (χ1) is 13.5. The topological polar surface area (TPSA) is 72.1 Å². The Morgan fingerprint density at radius 3 is 2.07 bits per heavy atom. The highest BCUT2D eigenvalue weighted by Gasteiger charge is 2.34. The first-order valence-electron chi connectivity index (χ1n) is 9.60. The van der Waals surface area contributed by atoms with Crippen molar-refractivity contribution in [3.8, 4) is 0 Å². The number of rotatable bonds is 5. The fraction of sp³-hybridized carbons (Fsp3) is 0.261. The maximum atomic E-state index is 12.7. The third-order valence-electron chi connectivity index (χ3n) is 5.33. The lowest BCUT2D eigenvalue weighted by Gasteiger charge is -2.21. The van der Waals surface area contributed by atoms with E-state index in [1.54, 1.807) is 0 Å². The smallest absolute Gasteiger partial charge is 0.273 e. The van der Waals surface area contributed by atoms with Gasteiger partial charge in [0.2, 0.25) is 5.95 Å². The van der Waals surface area contributed by atoms with Crippen LogP contribution in [0.4, 0.5) is 5.95 Å². The molecule has 0 saturated carbocycles. The number of carbonyl (C=O) groups is 1. The van der Waals surface area contributed by atoms with Gasteiger partial charge in [0.05, 0.1) is 12.2 Å². The van der Waals surface area contributed by atoms with Crippen LogP contribution >= 0.6 is 0 Å². The van der Waals surface area contributed by atoms with Crippen molar-refractivity contribution in [1.82, 2.24) is 14.9 Å². The average molecular weight is 372 g/mol. The number of nitrogen functional groups attached to an aromatic ring is 1. The zero-order valence-electron chi connectivity index (χ0n) is 16.2. The molecule has 2 aromatic carbocycles. The Morgan fingerprint density at radius 2 is 1.54 bits per heavy atom. The average Bonchev–Trinajstić information content (AvgIpc) is 3.04. The van der Waals surface area contributed by atoms with Crippen LogP contribution in [0.3, 0.4) is 0 Å². The van der Waals surface area contributed by atoms with Crippen molar-refractivity contribution < 1.29 is 4.79 Å². The molecule has 28 heavy (non-hydrogen) atoms. The number of hydrogen-bond acceptors (Lipinski definition) is 4. The summed E-state index contributed by atoms with van der Waals surface area (Å²) in [5.74, 6) is 0.230. The molecule has 0 saturated heterocycles. The summed E-state index contributed by atoms with van der Waals surface area (Å²) in [6.07, 6.45) is 0.669. The van der Waals surface area contributed by atoms with Gasteiger partial charge in [-0.05, 0) is 25.0 Å². The van der Waals surface area contributed by atoms with Crippen LogP contribution in [0, 0.1) is 0 Å². The summed E-state index contributed by atoms with van der Waals surface area (Å²) >= 11 is 0. The number of hydrogen-bond donors (Lipinski definition) is 1. The van der Waals surface area contributed by atoms with Crippen LogP contribution in [-0.2, 0) is 13.0 Å². The first-order valence-corrected chi connectivity index (χ1v) is 9.60. The minimum atomic E-state index is -0.0590. The van der Waals surface area contributed by atoms with E-state index in [4.69, 9.17) is 5.73 Å². The van der Waals surface area contributed by atoms with E-state index in [1.165, 1.54) is 11.1 Å². The van der Waals surface area contributed by atoms with Gasteiger partial charge in [0.15, 0.2) is 0 Å². The molecule has 0 fully saturated rings. The molecule has 0 aliphatic carbocycles. The van der Waals surface area contributed by atoms with Crippen LogP contribution in [0.25, 0.3) is 0 Å². The summed E-state index contributed by atoms with van der Waals surface area (Å²) in [4.78, 5) is 23.4. The van der Waals surface area contributed by atoms with Gasteiger partial charge >= 0.3 is 0 Å². The molecular weight excluding hydrogens is 348 g/mol. The van der Waals surface area contributed by atoms with Gasteiger partial charge < -0.3 is 10.6 Å². The Labute approximate surface area is 165 Å². The number of aromatic nitrogens is 2. The van der Waals surface area contributed by atoms with Crippen molar-refractivity contribution >= 4 is 11.9 Å². The molecule has 1 aliphatic heterocycles. The number of nitrogens with zero attached hydrogens (tertiary/aromatic N) is 3. The van der Waals surface area contributed by atoms with Gasteiger partial charge in [-0.15, -0.1) is 0 Å². The van der Waals surface area contributed by atoms with Gasteiger partial charge in [-0.1, -0.05) is 60.7 Å². The van der Waals surface area contributed by atoms with E-state index in [2.05, 4.69) is 34.2 Å². The fourth-order valence-corrected chi connectivity index (χ4v) is 3.85. The van der Waals surface area contributed by atoms with E-state index in [0.29, 0.717) is 18.7 Å². The maximum absolute atomic E-state index is 12.7. The van der Waals surface area contributed by atoms with Crippen LogP contribution in [0.2, 0.25) is 0 Å². The monoisotopic (exact) mass is 372 g/mol. The normalized spacial score (nSPS) is 13.4. The molecule has 2 heterocycles. The van der Waals surface area contributed by atoms with Crippen LogP contribution in [0.15, 0.2) is 60.7 Å². The Kier molecular flexibility index (Phi) is 4.82. The van der Waals surface area contributed by atoms with Crippen LogP contribution in [0.5, 0.6) is 0 Å². The maximum Gasteiger partial charge on any atom is 0.273 e. The molecule has 3 aromatic rings. The summed E-state index contributed by atoms with van der Waals surface area (Å²) in [7, 11) is 0. The van der Waals surface area contributed by atoms with E-state index in [1.807, 2.05) is 55.1 Å². The van der Waals surface area contributed by atoms with Crippen molar-refractivity contribution in [1.29, 1.82) is 0 Å². The minimum absolute atomic E-state index is 0.0590. The largest absolute Gasteiger partial charge is 0.368 e. The predicted molar refractivity (Wildman–Crippen MR) is 110 cm³/mol. The van der Waals surface area contributed by atoms with Crippen molar-refractivity contribution in [2.24, 2.45) is 0 Å². The zero-order chi connectivity index (χ0) is 19.7. The Morgan fingerprint density at radius 1 is 0.964 bits per heavy atom. The Hall–Kier alpha value is -3.21. The Bertz CT molecular complexity index is 947. The molecule has 142 valence electrons. The summed E-state index contributed by atoms with van der Waals surface area (Å²) in [5, 5.41) is 0. The molecule has 0 radical (unpaired) electrons. The summed E-state index contributed by atoms with van der Waals surface area (Å²) in [5.41, 5.74) is 10.6. The number of carbonyl (C=O) groups excluding carboxylic acids is 1. The second-order valence-electron chi connectivity index (χ2n) is 7.46. The van der Waals surface area contributed by atoms with Gasteiger partial charge in [-0.3, -0.25) is 4.79 Å². The van der Waals surface area contributed by atoms with Gasteiger partial charge in [-0.25, -0.2) is 9.97 Å². The SMILES string of the molecule is CC(C)N1Cc2c(CC(c3ccccc3)c3ccccc3)nc(N)nc2C1=O. The molecular formula is C23H24N4O. The van der Waals surface area contributed by atoms with Gasteiger partial charge in [0, 0.05) is 23.9 Å². The molecule has 4 rings (SSSR count). The molecule has 0 bridgehead atoms. The molecule has 1 amide bonds.